The third-order valence-electron chi connectivity index (χ3n) is 4.76. The summed E-state index contributed by atoms with van der Waals surface area (Å²) in [5.41, 5.74) is 0.994. The molecular weight excluding hydrogens is 394 g/mol. The lowest BCUT2D eigenvalue weighted by atomic mass is 10.3. The molecule has 1 amide bonds. The van der Waals surface area contributed by atoms with Crippen LogP contribution in [0.15, 0.2) is 53.8 Å². The van der Waals surface area contributed by atoms with Crippen LogP contribution in [0.4, 0.5) is 0 Å². The topological polar surface area (TPSA) is 106 Å². The van der Waals surface area contributed by atoms with Crippen LogP contribution in [0.3, 0.4) is 0 Å². The number of sulfonamides is 1. The number of benzene rings is 1. The van der Waals surface area contributed by atoms with Crippen LogP contribution in [-0.4, -0.2) is 74.5 Å². The van der Waals surface area contributed by atoms with Gasteiger partial charge < -0.3 is 4.90 Å². The van der Waals surface area contributed by atoms with E-state index in [0.717, 1.165) is 5.69 Å². The van der Waals surface area contributed by atoms with Gasteiger partial charge in [-0.2, -0.15) is 19.3 Å². The highest BCUT2D eigenvalue weighted by Gasteiger charge is 2.30. The number of aryl methyl sites for hydroxylation is 1. The van der Waals surface area contributed by atoms with E-state index in [1.165, 1.54) is 32.4 Å². The normalized spacial score (nSPS) is 16.0. The predicted molar refractivity (Wildman–Crippen MR) is 104 cm³/mol. The number of carbonyl (C=O) groups is 1. The van der Waals surface area contributed by atoms with Crippen molar-refractivity contribution in [1.29, 1.82) is 0 Å². The van der Waals surface area contributed by atoms with Gasteiger partial charge in [0.2, 0.25) is 10.0 Å². The Hall–Kier alpha value is -3.05. The Kier molecular flexibility index (Phi) is 5.16. The number of hydrogen-bond acceptors (Lipinski definition) is 6. The maximum absolute atomic E-state index is 12.9. The summed E-state index contributed by atoms with van der Waals surface area (Å²) in [6, 6.07) is 9.32. The summed E-state index contributed by atoms with van der Waals surface area (Å²) in [4.78, 5) is 16.0. The van der Waals surface area contributed by atoms with Crippen LogP contribution in [0.5, 0.6) is 0 Å². The molecule has 0 spiro atoms. The molecule has 10 nitrogen and oxygen atoms in total. The Morgan fingerprint density at radius 2 is 1.79 bits per heavy atom. The number of carbonyl (C=O) groups excluding carboxylic acids is 1. The number of aromatic nitrogens is 5. The van der Waals surface area contributed by atoms with Crippen LogP contribution in [0, 0.1) is 0 Å². The van der Waals surface area contributed by atoms with Gasteiger partial charge in [0.05, 0.1) is 18.1 Å². The summed E-state index contributed by atoms with van der Waals surface area (Å²) in [5, 5.41) is 12.4. The van der Waals surface area contributed by atoms with Gasteiger partial charge in [-0.15, -0.1) is 5.10 Å². The molecule has 0 bridgehead atoms. The van der Waals surface area contributed by atoms with Crippen molar-refractivity contribution in [3.05, 3.63) is 54.6 Å². The average molecular weight is 415 g/mol. The fraction of sp³-hybridized carbons (Fsp3) is 0.333. The van der Waals surface area contributed by atoms with Crippen molar-refractivity contribution in [2.45, 2.75) is 11.3 Å². The summed E-state index contributed by atoms with van der Waals surface area (Å²) in [6.45, 7) is 1.31. The van der Waals surface area contributed by atoms with Gasteiger partial charge in [0.15, 0.2) is 5.69 Å². The second-order valence-corrected chi connectivity index (χ2v) is 8.69. The molecule has 0 radical (unpaired) electrons. The van der Waals surface area contributed by atoms with Crippen LogP contribution in [0.1, 0.15) is 16.9 Å². The SMILES string of the molecule is Cn1cc(S(=O)(=O)N2CCCN(C(=O)c3cnn(-c4ccccc4)n3)CC2)cn1. The van der Waals surface area contributed by atoms with Crippen LogP contribution in [0.2, 0.25) is 0 Å². The summed E-state index contributed by atoms with van der Waals surface area (Å²) in [5.74, 6) is -0.257. The maximum atomic E-state index is 12.9. The molecule has 11 heteroatoms. The van der Waals surface area contributed by atoms with Gasteiger partial charge >= 0.3 is 0 Å². The number of para-hydroxylation sites is 1. The Bertz CT molecular complexity index is 1110. The fourth-order valence-corrected chi connectivity index (χ4v) is 4.68. The van der Waals surface area contributed by atoms with E-state index >= 15 is 0 Å². The van der Waals surface area contributed by atoms with Crippen molar-refractivity contribution in [2.75, 3.05) is 26.2 Å². The molecule has 4 rings (SSSR count). The Morgan fingerprint density at radius 3 is 2.52 bits per heavy atom. The van der Waals surface area contributed by atoms with Gasteiger partial charge in [0, 0.05) is 39.4 Å². The van der Waals surface area contributed by atoms with Gasteiger partial charge in [-0.05, 0) is 18.6 Å². The van der Waals surface area contributed by atoms with E-state index in [9.17, 15) is 13.2 Å². The standard InChI is InChI=1S/C18H21N7O3S/c1-22-14-16(12-19-22)29(27,28)24-9-5-8-23(10-11-24)18(26)17-13-20-25(21-17)15-6-3-2-4-7-15/h2-4,6-7,12-14H,5,8-11H2,1H3. The van der Waals surface area contributed by atoms with E-state index in [-0.39, 0.29) is 29.6 Å². The highest BCUT2D eigenvalue weighted by molar-refractivity contribution is 7.89. The maximum Gasteiger partial charge on any atom is 0.276 e. The molecular formula is C18H21N7O3S. The molecule has 0 unspecified atom stereocenters. The highest BCUT2D eigenvalue weighted by Crippen LogP contribution is 2.17. The van der Waals surface area contributed by atoms with Gasteiger partial charge in [-0.3, -0.25) is 9.48 Å². The second-order valence-electron chi connectivity index (χ2n) is 6.75. The molecule has 1 aliphatic rings. The van der Waals surface area contributed by atoms with Crippen molar-refractivity contribution in [3.8, 4) is 5.69 Å². The zero-order chi connectivity index (χ0) is 20.4. The first kappa shape index (κ1) is 19.3. The van der Waals surface area contributed by atoms with Gasteiger partial charge in [-0.25, -0.2) is 8.42 Å². The summed E-state index contributed by atoms with van der Waals surface area (Å²) in [7, 11) is -1.96. The molecule has 1 aliphatic heterocycles. The molecule has 152 valence electrons. The zero-order valence-corrected chi connectivity index (χ0v) is 16.7. The van der Waals surface area contributed by atoms with Gasteiger partial charge in [-0.1, -0.05) is 18.2 Å². The molecule has 3 heterocycles. The second kappa shape index (κ2) is 7.76. The van der Waals surface area contributed by atoms with Crippen LogP contribution >= 0.6 is 0 Å². The zero-order valence-electron chi connectivity index (χ0n) is 15.9. The van der Waals surface area contributed by atoms with Crippen LogP contribution in [0.25, 0.3) is 5.69 Å². The number of nitrogens with zero attached hydrogens (tertiary/aromatic N) is 7. The van der Waals surface area contributed by atoms with Crippen molar-refractivity contribution < 1.29 is 13.2 Å². The first-order valence-corrected chi connectivity index (χ1v) is 10.6. The molecule has 3 aromatic rings. The minimum absolute atomic E-state index is 0.158. The lowest BCUT2D eigenvalue weighted by Gasteiger charge is -2.20. The summed E-state index contributed by atoms with van der Waals surface area (Å²) in [6.07, 6.45) is 4.79. The monoisotopic (exact) mass is 415 g/mol. The lowest BCUT2D eigenvalue weighted by Crippen LogP contribution is -2.37. The first-order chi connectivity index (χ1) is 13.9. The Balaban J connectivity index is 1.46. The van der Waals surface area contributed by atoms with Gasteiger partial charge in [0.1, 0.15) is 4.90 Å². The predicted octanol–water partition coefficient (Wildman–Crippen LogP) is 0.538. The van der Waals surface area contributed by atoms with Crippen molar-refractivity contribution >= 4 is 15.9 Å². The largest absolute Gasteiger partial charge is 0.336 e. The third kappa shape index (κ3) is 3.91. The van der Waals surface area contributed by atoms with Gasteiger partial charge in [0.25, 0.3) is 5.91 Å². The molecule has 1 saturated heterocycles. The fourth-order valence-electron chi connectivity index (χ4n) is 3.23. The molecule has 0 atom stereocenters. The molecule has 0 N–H and O–H groups in total. The molecule has 0 aliphatic carbocycles. The molecule has 1 fully saturated rings. The average Bonchev–Trinajstić information content (AvgIpc) is 3.31. The van der Waals surface area contributed by atoms with E-state index in [1.807, 2.05) is 30.3 Å². The van der Waals surface area contributed by atoms with Crippen molar-refractivity contribution in [2.24, 2.45) is 7.05 Å². The number of rotatable bonds is 4. The number of amides is 1. The van der Waals surface area contributed by atoms with E-state index in [4.69, 9.17) is 0 Å². The Labute approximate surface area is 168 Å². The number of hydrogen-bond donors (Lipinski definition) is 0. The Morgan fingerprint density at radius 1 is 1.00 bits per heavy atom. The summed E-state index contributed by atoms with van der Waals surface area (Å²) >= 11 is 0. The van der Waals surface area contributed by atoms with Crippen LogP contribution < -0.4 is 0 Å². The van der Waals surface area contributed by atoms with Crippen molar-refractivity contribution in [1.82, 2.24) is 34.0 Å². The van der Waals surface area contributed by atoms with E-state index in [1.54, 1.807) is 11.9 Å². The van der Waals surface area contributed by atoms with E-state index in [2.05, 4.69) is 15.3 Å². The highest BCUT2D eigenvalue weighted by atomic mass is 32.2. The smallest absolute Gasteiger partial charge is 0.276 e. The van der Waals surface area contributed by atoms with Crippen molar-refractivity contribution in [3.63, 3.8) is 0 Å². The molecule has 2 aromatic heterocycles. The van der Waals surface area contributed by atoms with E-state index in [0.29, 0.717) is 19.5 Å². The third-order valence-corrected chi connectivity index (χ3v) is 6.61. The van der Waals surface area contributed by atoms with E-state index < -0.39 is 10.0 Å². The molecule has 0 saturated carbocycles. The first-order valence-electron chi connectivity index (χ1n) is 9.21. The quantitative estimate of drug-likeness (QED) is 0.616. The summed E-state index contributed by atoms with van der Waals surface area (Å²) < 4.78 is 28.5. The molecule has 29 heavy (non-hydrogen) atoms. The van der Waals surface area contributed by atoms with Crippen LogP contribution in [-0.2, 0) is 17.1 Å². The molecule has 1 aromatic carbocycles. The minimum atomic E-state index is -3.63. The minimum Gasteiger partial charge on any atom is -0.336 e. The lowest BCUT2D eigenvalue weighted by molar-refractivity contribution is 0.0758.